The van der Waals surface area contributed by atoms with Crippen molar-refractivity contribution in [1.82, 2.24) is 10.2 Å². The number of carbonyl (C=O) groups is 2. The number of para-hydroxylation sites is 2. The van der Waals surface area contributed by atoms with Crippen LogP contribution in [-0.2, 0) is 9.59 Å². The van der Waals surface area contributed by atoms with Crippen LogP contribution in [-0.4, -0.2) is 56.0 Å². The van der Waals surface area contributed by atoms with E-state index in [4.69, 9.17) is 4.74 Å². The van der Waals surface area contributed by atoms with E-state index in [0.717, 1.165) is 37.4 Å². The molecule has 1 aromatic rings. The van der Waals surface area contributed by atoms with Gasteiger partial charge in [0.25, 0.3) is 0 Å². The summed E-state index contributed by atoms with van der Waals surface area (Å²) in [4.78, 5) is 27.9. The van der Waals surface area contributed by atoms with Crippen LogP contribution >= 0.6 is 0 Å². The summed E-state index contributed by atoms with van der Waals surface area (Å²) >= 11 is 0. The standard InChI is InChI=1S/C17H23N3O3/c1-23-15-5-3-2-4-14(15)19-8-10-20(11-9-19)17(22)12-16(21)18-13-6-7-13/h2-5,13H,6-12H2,1H3,(H,18,21). The van der Waals surface area contributed by atoms with Gasteiger partial charge in [0, 0.05) is 32.2 Å². The van der Waals surface area contributed by atoms with Crippen LogP contribution < -0.4 is 15.0 Å². The molecule has 0 atom stereocenters. The number of piperazine rings is 1. The largest absolute Gasteiger partial charge is 0.495 e. The van der Waals surface area contributed by atoms with Crippen LogP contribution in [0.3, 0.4) is 0 Å². The van der Waals surface area contributed by atoms with E-state index >= 15 is 0 Å². The minimum atomic E-state index is -0.148. The van der Waals surface area contributed by atoms with Crippen molar-refractivity contribution in [2.75, 3.05) is 38.2 Å². The Bertz CT molecular complexity index is 578. The average molecular weight is 317 g/mol. The van der Waals surface area contributed by atoms with Crippen LogP contribution in [0.15, 0.2) is 24.3 Å². The SMILES string of the molecule is COc1ccccc1N1CCN(C(=O)CC(=O)NC2CC2)CC1. The van der Waals surface area contributed by atoms with Crippen LogP contribution in [0.5, 0.6) is 5.75 Å². The van der Waals surface area contributed by atoms with Crippen LogP contribution in [0.2, 0.25) is 0 Å². The van der Waals surface area contributed by atoms with Gasteiger partial charge in [0.1, 0.15) is 12.2 Å². The summed E-state index contributed by atoms with van der Waals surface area (Å²) < 4.78 is 5.39. The molecule has 3 rings (SSSR count). The van der Waals surface area contributed by atoms with Crippen molar-refractivity contribution in [3.8, 4) is 5.75 Å². The number of amides is 2. The third kappa shape index (κ3) is 3.94. The van der Waals surface area contributed by atoms with E-state index in [1.165, 1.54) is 0 Å². The third-order valence-electron chi connectivity index (χ3n) is 4.31. The smallest absolute Gasteiger partial charge is 0.232 e. The van der Waals surface area contributed by atoms with E-state index in [-0.39, 0.29) is 18.2 Å². The van der Waals surface area contributed by atoms with Crippen molar-refractivity contribution >= 4 is 17.5 Å². The lowest BCUT2D eigenvalue weighted by Gasteiger charge is -2.36. The lowest BCUT2D eigenvalue weighted by molar-refractivity contribution is -0.136. The van der Waals surface area contributed by atoms with Gasteiger partial charge in [-0.2, -0.15) is 0 Å². The highest BCUT2D eigenvalue weighted by Gasteiger charge is 2.27. The zero-order valence-corrected chi connectivity index (χ0v) is 13.5. The first kappa shape index (κ1) is 15.6. The summed E-state index contributed by atoms with van der Waals surface area (Å²) in [5.41, 5.74) is 1.05. The van der Waals surface area contributed by atoms with Gasteiger partial charge in [0.05, 0.1) is 12.8 Å². The predicted octanol–water partition coefficient (Wildman–Crippen LogP) is 1.01. The number of hydrogen-bond donors (Lipinski definition) is 1. The third-order valence-corrected chi connectivity index (χ3v) is 4.31. The maximum absolute atomic E-state index is 12.2. The van der Waals surface area contributed by atoms with Gasteiger partial charge in [0.2, 0.25) is 11.8 Å². The number of rotatable bonds is 5. The van der Waals surface area contributed by atoms with Crippen molar-refractivity contribution in [2.45, 2.75) is 25.3 Å². The maximum atomic E-state index is 12.2. The van der Waals surface area contributed by atoms with Gasteiger partial charge in [0.15, 0.2) is 0 Å². The molecule has 0 aromatic heterocycles. The number of carbonyl (C=O) groups excluding carboxylic acids is 2. The number of anilines is 1. The van der Waals surface area contributed by atoms with E-state index in [2.05, 4.69) is 10.2 Å². The highest BCUT2D eigenvalue weighted by molar-refractivity contribution is 5.97. The van der Waals surface area contributed by atoms with Crippen molar-refractivity contribution in [2.24, 2.45) is 0 Å². The van der Waals surface area contributed by atoms with Crippen LogP contribution in [0, 0.1) is 0 Å². The molecule has 1 aromatic carbocycles. The fourth-order valence-electron chi connectivity index (χ4n) is 2.84. The summed E-state index contributed by atoms with van der Waals surface area (Å²) in [6, 6.07) is 8.20. The van der Waals surface area contributed by atoms with Crippen molar-refractivity contribution in [3.05, 3.63) is 24.3 Å². The first-order valence-electron chi connectivity index (χ1n) is 8.12. The zero-order chi connectivity index (χ0) is 16.2. The average Bonchev–Trinajstić information content (AvgIpc) is 3.38. The fraction of sp³-hybridized carbons (Fsp3) is 0.529. The van der Waals surface area contributed by atoms with Crippen LogP contribution in [0.4, 0.5) is 5.69 Å². The molecule has 0 unspecified atom stereocenters. The van der Waals surface area contributed by atoms with Crippen molar-refractivity contribution in [1.29, 1.82) is 0 Å². The Labute approximate surface area is 136 Å². The molecule has 2 fully saturated rings. The van der Waals surface area contributed by atoms with Crippen LogP contribution in [0.25, 0.3) is 0 Å². The molecule has 0 bridgehead atoms. The van der Waals surface area contributed by atoms with E-state index in [1.807, 2.05) is 24.3 Å². The molecule has 23 heavy (non-hydrogen) atoms. The second kappa shape index (κ2) is 6.89. The molecule has 6 nitrogen and oxygen atoms in total. The van der Waals surface area contributed by atoms with Gasteiger partial charge in [-0.1, -0.05) is 12.1 Å². The Kier molecular flexibility index (Phi) is 4.69. The predicted molar refractivity (Wildman–Crippen MR) is 87.6 cm³/mol. The monoisotopic (exact) mass is 317 g/mol. The van der Waals surface area contributed by atoms with Gasteiger partial charge >= 0.3 is 0 Å². The number of benzene rings is 1. The molecule has 124 valence electrons. The Hall–Kier alpha value is -2.24. The normalized spacial score (nSPS) is 17.8. The first-order valence-corrected chi connectivity index (χ1v) is 8.12. The molecule has 0 radical (unpaired) electrons. The summed E-state index contributed by atoms with van der Waals surface area (Å²) in [7, 11) is 1.66. The van der Waals surface area contributed by atoms with Crippen molar-refractivity contribution in [3.63, 3.8) is 0 Å². The Morgan fingerprint density at radius 2 is 1.87 bits per heavy atom. The van der Waals surface area contributed by atoms with E-state index in [1.54, 1.807) is 12.0 Å². The Morgan fingerprint density at radius 3 is 2.52 bits per heavy atom. The quantitative estimate of drug-likeness (QED) is 0.824. The van der Waals surface area contributed by atoms with Gasteiger partial charge in [-0.3, -0.25) is 9.59 Å². The molecule has 2 aliphatic rings. The summed E-state index contributed by atoms with van der Waals surface area (Å²) in [6.45, 7) is 2.76. The second-order valence-electron chi connectivity index (χ2n) is 6.06. The number of ether oxygens (including phenoxy) is 1. The minimum absolute atomic E-state index is 0.0365. The minimum Gasteiger partial charge on any atom is -0.495 e. The van der Waals surface area contributed by atoms with Crippen LogP contribution in [0.1, 0.15) is 19.3 Å². The van der Waals surface area contributed by atoms with Gasteiger partial charge in [-0.05, 0) is 25.0 Å². The molecular formula is C17H23N3O3. The van der Waals surface area contributed by atoms with E-state index in [0.29, 0.717) is 19.1 Å². The highest BCUT2D eigenvalue weighted by atomic mass is 16.5. The fourth-order valence-corrected chi connectivity index (χ4v) is 2.84. The molecule has 1 aliphatic carbocycles. The summed E-state index contributed by atoms with van der Waals surface area (Å²) in [5.74, 6) is 0.614. The summed E-state index contributed by atoms with van der Waals surface area (Å²) in [6.07, 6.45) is 2.04. The highest BCUT2D eigenvalue weighted by Crippen LogP contribution is 2.28. The number of hydrogen-bond acceptors (Lipinski definition) is 4. The lowest BCUT2D eigenvalue weighted by atomic mass is 10.2. The number of nitrogens with zero attached hydrogens (tertiary/aromatic N) is 2. The van der Waals surface area contributed by atoms with Gasteiger partial charge in [-0.15, -0.1) is 0 Å². The molecule has 1 saturated carbocycles. The molecule has 6 heteroatoms. The molecular weight excluding hydrogens is 294 g/mol. The Balaban J connectivity index is 1.51. The molecule has 0 spiro atoms. The lowest BCUT2D eigenvalue weighted by Crippen LogP contribution is -2.49. The van der Waals surface area contributed by atoms with E-state index in [9.17, 15) is 9.59 Å². The molecule has 1 N–H and O–H groups in total. The number of methoxy groups -OCH3 is 1. The molecule has 1 saturated heterocycles. The maximum Gasteiger partial charge on any atom is 0.232 e. The van der Waals surface area contributed by atoms with Gasteiger partial charge in [-0.25, -0.2) is 0 Å². The van der Waals surface area contributed by atoms with Gasteiger partial charge < -0.3 is 19.9 Å². The van der Waals surface area contributed by atoms with Crippen molar-refractivity contribution < 1.29 is 14.3 Å². The second-order valence-corrected chi connectivity index (χ2v) is 6.06. The first-order chi connectivity index (χ1) is 11.2. The molecule has 1 aliphatic heterocycles. The zero-order valence-electron chi connectivity index (χ0n) is 13.5. The van der Waals surface area contributed by atoms with E-state index < -0.39 is 0 Å². The summed E-state index contributed by atoms with van der Waals surface area (Å²) in [5, 5.41) is 2.86. The molecule has 1 heterocycles. The topological polar surface area (TPSA) is 61.9 Å². The molecule has 2 amide bonds. The number of nitrogens with one attached hydrogen (secondary N) is 1. The Morgan fingerprint density at radius 1 is 1.17 bits per heavy atom.